The number of nitrogens with zero attached hydrogens (tertiary/aromatic N) is 3. The Morgan fingerprint density at radius 2 is 2.43 bits per heavy atom. The van der Waals surface area contributed by atoms with Crippen molar-refractivity contribution in [3.05, 3.63) is 16.6 Å². The van der Waals surface area contributed by atoms with Crippen LogP contribution >= 0.6 is 11.3 Å². The summed E-state index contributed by atoms with van der Waals surface area (Å²) in [5, 5.41) is 12.1. The first kappa shape index (κ1) is 8.95. The van der Waals surface area contributed by atoms with Gasteiger partial charge in [-0.3, -0.25) is 0 Å². The van der Waals surface area contributed by atoms with Crippen LogP contribution in [0.5, 0.6) is 0 Å². The van der Waals surface area contributed by atoms with E-state index in [2.05, 4.69) is 20.5 Å². The lowest BCUT2D eigenvalue weighted by atomic mass is 10.3. The van der Waals surface area contributed by atoms with Crippen LogP contribution in [-0.4, -0.2) is 21.7 Å². The average molecular weight is 211 g/mol. The normalized spacial score (nSPS) is 10.3. The summed E-state index contributed by atoms with van der Waals surface area (Å²) < 4.78 is 4.93. The second-order valence-corrected chi connectivity index (χ2v) is 3.32. The van der Waals surface area contributed by atoms with Crippen molar-refractivity contribution in [2.24, 2.45) is 0 Å². The minimum absolute atomic E-state index is 0.0705. The third-order valence-electron chi connectivity index (χ3n) is 1.58. The van der Waals surface area contributed by atoms with Gasteiger partial charge in [-0.2, -0.15) is 0 Å². The molecule has 3 N–H and O–H groups in total. The van der Waals surface area contributed by atoms with Crippen molar-refractivity contribution in [1.82, 2.24) is 15.2 Å². The van der Waals surface area contributed by atoms with E-state index in [0.29, 0.717) is 12.6 Å². The fourth-order valence-corrected chi connectivity index (χ4v) is 1.56. The predicted molar refractivity (Wildman–Crippen MR) is 53.0 cm³/mol. The third kappa shape index (κ3) is 2.19. The van der Waals surface area contributed by atoms with Crippen molar-refractivity contribution in [2.75, 3.05) is 17.6 Å². The van der Waals surface area contributed by atoms with Gasteiger partial charge in [0.05, 0.1) is 11.2 Å². The van der Waals surface area contributed by atoms with Crippen molar-refractivity contribution in [2.45, 2.75) is 6.42 Å². The molecule has 0 fully saturated rings. The summed E-state index contributed by atoms with van der Waals surface area (Å²) in [4.78, 5) is 4.14. The Morgan fingerprint density at radius 3 is 3.07 bits per heavy atom. The van der Waals surface area contributed by atoms with Gasteiger partial charge in [0.25, 0.3) is 0 Å². The van der Waals surface area contributed by atoms with Crippen molar-refractivity contribution >= 4 is 23.4 Å². The minimum Gasteiger partial charge on any atom is -0.390 e. The summed E-state index contributed by atoms with van der Waals surface area (Å²) in [6, 6.07) is 0.416. The fourth-order valence-electron chi connectivity index (χ4n) is 0.965. The molecule has 2 aromatic rings. The topological polar surface area (TPSA) is 89.9 Å². The zero-order valence-electron chi connectivity index (χ0n) is 7.30. The highest BCUT2D eigenvalue weighted by atomic mass is 32.1. The molecule has 0 bridgehead atoms. The van der Waals surface area contributed by atoms with Crippen LogP contribution < -0.4 is 11.1 Å². The van der Waals surface area contributed by atoms with Crippen LogP contribution in [-0.2, 0) is 6.42 Å². The number of anilines is 2. The molecule has 0 saturated heterocycles. The molecular formula is C7H9N5OS. The Bertz CT molecular complexity index is 384. The summed E-state index contributed by atoms with van der Waals surface area (Å²) in [7, 11) is 0. The molecule has 2 heterocycles. The average Bonchev–Trinajstić information content (AvgIpc) is 2.77. The minimum atomic E-state index is 0.0705. The SMILES string of the molecule is Nc1nnc(NCCc2cscn2)o1. The summed E-state index contributed by atoms with van der Waals surface area (Å²) in [6.07, 6.45) is 0.825. The number of rotatable bonds is 4. The molecule has 0 unspecified atom stereocenters. The Hall–Kier alpha value is -1.63. The van der Waals surface area contributed by atoms with Crippen LogP contribution in [0.3, 0.4) is 0 Å². The van der Waals surface area contributed by atoms with Gasteiger partial charge in [0.1, 0.15) is 0 Å². The van der Waals surface area contributed by atoms with E-state index in [1.165, 1.54) is 0 Å². The van der Waals surface area contributed by atoms with Crippen LogP contribution in [0.15, 0.2) is 15.3 Å². The summed E-state index contributed by atoms with van der Waals surface area (Å²) in [5.41, 5.74) is 8.11. The maximum Gasteiger partial charge on any atom is 0.316 e. The maximum absolute atomic E-state index is 5.25. The maximum atomic E-state index is 5.25. The highest BCUT2D eigenvalue weighted by molar-refractivity contribution is 7.07. The van der Waals surface area contributed by atoms with Crippen molar-refractivity contribution in [1.29, 1.82) is 0 Å². The quantitative estimate of drug-likeness (QED) is 0.776. The van der Waals surface area contributed by atoms with Crippen LogP contribution in [0, 0.1) is 0 Å². The molecule has 0 atom stereocenters. The van der Waals surface area contributed by atoms with E-state index in [9.17, 15) is 0 Å². The number of hydrogen-bond donors (Lipinski definition) is 2. The van der Waals surface area contributed by atoms with Gasteiger partial charge in [-0.25, -0.2) is 4.98 Å². The molecular weight excluding hydrogens is 202 g/mol. The molecule has 74 valence electrons. The molecule has 0 aliphatic heterocycles. The Morgan fingerprint density at radius 1 is 1.50 bits per heavy atom. The molecule has 2 rings (SSSR count). The van der Waals surface area contributed by atoms with Crippen LogP contribution in [0.2, 0.25) is 0 Å². The molecule has 0 aromatic carbocycles. The van der Waals surface area contributed by atoms with Gasteiger partial charge < -0.3 is 15.5 Å². The first-order valence-corrected chi connectivity index (χ1v) is 4.99. The molecule has 0 aliphatic rings. The molecule has 0 aliphatic carbocycles. The summed E-state index contributed by atoms with van der Waals surface area (Å²) in [5.74, 6) is 0. The van der Waals surface area contributed by atoms with Gasteiger partial charge >= 0.3 is 12.0 Å². The highest BCUT2D eigenvalue weighted by Gasteiger charge is 2.01. The van der Waals surface area contributed by atoms with Crippen molar-refractivity contribution in [3.63, 3.8) is 0 Å². The zero-order chi connectivity index (χ0) is 9.80. The number of thiazole rings is 1. The lowest BCUT2D eigenvalue weighted by Gasteiger charge is -1.97. The lowest BCUT2D eigenvalue weighted by Crippen LogP contribution is -2.05. The standard InChI is InChI=1S/C7H9N5OS/c8-6-11-12-7(13-6)9-2-1-5-3-14-4-10-5/h3-4H,1-2H2,(H2,8,11)(H,9,12). The van der Waals surface area contributed by atoms with E-state index in [4.69, 9.17) is 10.2 Å². The van der Waals surface area contributed by atoms with Crippen molar-refractivity contribution < 1.29 is 4.42 Å². The number of nitrogens with two attached hydrogens (primary N) is 1. The molecule has 2 aromatic heterocycles. The molecule has 0 amide bonds. The Labute approximate surface area is 84.2 Å². The smallest absolute Gasteiger partial charge is 0.316 e. The third-order valence-corrected chi connectivity index (χ3v) is 2.22. The second kappa shape index (κ2) is 4.05. The van der Waals surface area contributed by atoms with Crippen LogP contribution in [0.25, 0.3) is 0 Å². The zero-order valence-corrected chi connectivity index (χ0v) is 8.12. The number of aromatic nitrogens is 3. The molecule has 0 radical (unpaired) electrons. The van der Waals surface area contributed by atoms with E-state index in [0.717, 1.165) is 12.1 Å². The van der Waals surface area contributed by atoms with Crippen LogP contribution in [0.1, 0.15) is 5.69 Å². The number of hydrogen-bond acceptors (Lipinski definition) is 7. The van der Waals surface area contributed by atoms with Crippen molar-refractivity contribution in [3.8, 4) is 0 Å². The van der Waals surface area contributed by atoms with E-state index in [1.54, 1.807) is 16.8 Å². The summed E-state index contributed by atoms with van der Waals surface area (Å²) >= 11 is 1.58. The molecule has 0 spiro atoms. The lowest BCUT2D eigenvalue weighted by molar-refractivity contribution is 0.586. The van der Waals surface area contributed by atoms with E-state index >= 15 is 0 Å². The Balaban J connectivity index is 1.78. The van der Waals surface area contributed by atoms with Gasteiger partial charge in [0.15, 0.2) is 0 Å². The van der Waals surface area contributed by atoms with E-state index in [1.807, 2.05) is 5.38 Å². The fraction of sp³-hybridized carbons (Fsp3) is 0.286. The largest absolute Gasteiger partial charge is 0.390 e. The first-order chi connectivity index (χ1) is 6.84. The molecule has 0 saturated carbocycles. The Kier molecular flexibility index (Phi) is 2.59. The van der Waals surface area contributed by atoms with Gasteiger partial charge in [0, 0.05) is 18.3 Å². The van der Waals surface area contributed by atoms with Gasteiger partial charge in [-0.05, 0) is 0 Å². The molecule has 14 heavy (non-hydrogen) atoms. The van der Waals surface area contributed by atoms with Crippen LogP contribution in [0.4, 0.5) is 12.0 Å². The van der Waals surface area contributed by atoms with E-state index in [-0.39, 0.29) is 6.01 Å². The number of nitrogens with one attached hydrogen (secondary N) is 1. The highest BCUT2D eigenvalue weighted by Crippen LogP contribution is 2.06. The molecule has 7 heteroatoms. The number of nitrogen functional groups attached to an aromatic ring is 1. The van der Waals surface area contributed by atoms with Gasteiger partial charge in [-0.15, -0.1) is 11.3 Å². The first-order valence-electron chi connectivity index (χ1n) is 4.04. The molecule has 6 nitrogen and oxygen atoms in total. The predicted octanol–water partition coefficient (Wildman–Crippen LogP) is 0.763. The van der Waals surface area contributed by atoms with Gasteiger partial charge in [0.2, 0.25) is 0 Å². The van der Waals surface area contributed by atoms with Gasteiger partial charge in [-0.1, -0.05) is 10.2 Å². The summed E-state index contributed by atoms with van der Waals surface area (Å²) in [6.45, 7) is 0.700. The second-order valence-electron chi connectivity index (χ2n) is 2.60. The monoisotopic (exact) mass is 211 g/mol. The van der Waals surface area contributed by atoms with E-state index < -0.39 is 0 Å².